The van der Waals surface area contributed by atoms with Gasteiger partial charge in [-0.2, -0.15) is 5.10 Å². The molecule has 1 aromatic rings. The van der Waals surface area contributed by atoms with Crippen LogP contribution in [0.4, 0.5) is 0 Å². The van der Waals surface area contributed by atoms with Gasteiger partial charge in [-0.05, 0) is 38.6 Å². The van der Waals surface area contributed by atoms with Crippen molar-refractivity contribution in [2.24, 2.45) is 18.8 Å². The normalized spacial score (nSPS) is 32.7. The number of hydrazine groups is 1. The number of nitrogens with two attached hydrogens (primary N) is 1. The number of rotatable bonds is 3. The van der Waals surface area contributed by atoms with Crippen molar-refractivity contribution in [1.82, 2.24) is 20.1 Å². The number of halogens is 1. The molecule has 2 aliphatic heterocycles. The van der Waals surface area contributed by atoms with Crippen molar-refractivity contribution in [2.45, 2.75) is 43.8 Å². The van der Waals surface area contributed by atoms with E-state index in [1.807, 2.05) is 11.7 Å². The molecule has 0 saturated carbocycles. The Morgan fingerprint density at radius 3 is 2.47 bits per heavy atom. The molecule has 0 amide bonds. The van der Waals surface area contributed by atoms with E-state index in [9.17, 15) is 0 Å². The van der Waals surface area contributed by atoms with Crippen molar-refractivity contribution in [3.05, 3.63) is 16.9 Å². The zero-order chi connectivity index (χ0) is 13.6. The van der Waals surface area contributed by atoms with E-state index in [1.165, 1.54) is 25.7 Å². The predicted molar refractivity (Wildman–Crippen MR) is 75.6 cm³/mol. The first-order valence-corrected chi connectivity index (χ1v) is 7.35. The Balaban J connectivity index is 1.84. The van der Waals surface area contributed by atoms with Crippen LogP contribution in [0.15, 0.2) is 6.20 Å². The van der Waals surface area contributed by atoms with E-state index >= 15 is 0 Å². The van der Waals surface area contributed by atoms with Crippen molar-refractivity contribution >= 4 is 11.6 Å². The lowest BCUT2D eigenvalue weighted by atomic mass is 9.84. The maximum atomic E-state index is 6.27. The molecule has 3 unspecified atom stereocenters. The summed E-state index contributed by atoms with van der Waals surface area (Å²) in [5.41, 5.74) is 3.99. The van der Waals surface area contributed by atoms with Crippen LogP contribution in [0.25, 0.3) is 0 Å². The summed E-state index contributed by atoms with van der Waals surface area (Å²) in [7, 11) is 4.18. The molecule has 106 valence electrons. The second-order valence-electron chi connectivity index (χ2n) is 5.93. The Labute approximate surface area is 119 Å². The molecular formula is C13H22ClN5. The number of piperidine rings is 1. The molecule has 0 radical (unpaired) electrons. The largest absolute Gasteiger partial charge is 0.300 e. The molecule has 0 aromatic carbocycles. The number of nitrogens with zero attached hydrogens (tertiary/aromatic N) is 3. The third kappa shape index (κ3) is 2.18. The highest BCUT2D eigenvalue weighted by molar-refractivity contribution is 6.31. The zero-order valence-electron chi connectivity index (χ0n) is 11.5. The molecule has 0 aliphatic carbocycles. The van der Waals surface area contributed by atoms with Crippen LogP contribution in [0, 0.1) is 5.92 Å². The van der Waals surface area contributed by atoms with Crippen molar-refractivity contribution in [3.63, 3.8) is 0 Å². The monoisotopic (exact) mass is 283 g/mol. The number of aromatic nitrogens is 2. The van der Waals surface area contributed by atoms with E-state index in [2.05, 4.69) is 22.5 Å². The highest BCUT2D eigenvalue weighted by Gasteiger charge is 2.42. The van der Waals surface area contributed by atoms with Gasteiger partial charge in [-0.1, -0.05) is 11.6 Å². The molecule has 1 aromatic heterocycles. The lowest BCUT2D eigenvalue weighted by Crippen LogP contribution is -2.45. The highest BCUT2D eigenvalue weighted by atomic mass is 35.5. The molecule has 3 heterocycles. The Morgan fingerprint density at radius 1 is 1.37 bits per heavy atom. The van der Waals surface area contributed by atoms with Gasteiger partial charge in [0.25, 0.3) is 0 Å². The lowest BCUT2D eigenvalue weighted by Gasteiger charge is -2.39. The Morgan fingerprint density at radius 2 is 2.00 bits per heavy atom. The van der Waals surface area contributed by atoms with Gasteiger partial charge >= 0.3 is 0 Å². The van der Waals surface area contributed by atoms with Crippen LogP contribution in [0.3, 0.4) is 0 Å². The standard InChI is InChI=1S/C13H22ClN5/c1-18-9-3-4-10(18)6-8(5-9)12(17-15)13-11(14)7-16-19(13)2/h7-10,12,17H,3-6,15H2,1-2H3. The van der Waals surface area contributed by atoms with Gasteiger partial charge in [0.15, 0.2) is 0 Å². The first-order valence-electron chi connectivity index (χ1n) is 6.97. The molecular weight excluding hydrogens is 262 g/mol. The van der Waals surface area contributed by atoms with E-state index in [4.69, 9.17) is 17.4 Å². The minimum absolute atomic E-state index is 0.0943. The summed E-state index contributed by atoms with van der Waals surface area (Å²) in [6, 6.07) is 1.50. The van der Waals surface area contributed by atoms with Crippen molar-refractivity contribution in [3.8, 4) is 0 Å². The summed E-state index contributed by atoms with van der Waals surface area (Å²) >= 11 is 6.27. The molecule has 5 nitrogen and oxygen atoms in total. The summed E-state index contributed by atoms with van der Waals surface area (Å²) in [4.78, 5) is 2.54. The number of aryl methyl sites for hydroxylation is 1. The molecule has 3 N–H and O–H groups in total. The van der Waals surface area contributed by atoms with E-state index in [-0.39, 0.29) is 6.04 Å². The summed E-state index contributed by atoms with van der Waals surface area (Å²) in [6.45, 7) is 0. The predicted octanol–water partition coefficient (Wildman–Crippen LogP) is 1.45. The lowest BCUT2D eigenvalue weighted by molar-refractivity contribution is 0.110. The Bertz CT molecular complexity index is 426. The van der Waals surface area contributed by atoms with E-state index in [0.29, 0.717) is 23.0 Å². The summed E-state index contributed by atoms with van der Waals surface area (Å²) < 4.78 is 1.84. The minimum atomic E-state index is 0.0943. The first kappa shape index (κ1) is 13.4. The average molecular weight is 284 g/mol. The van der Waals surface area contributed by atoms with Gasteiger partial charge in [0.2, 0.25) is 0 Å². The molecule has 3 rings (SSSR count). The van der Waals surface area contributed by atoms with Crippen molar-refractivity contribution in [1.29, 1.82) is 0 Å². The molecule has 2 bridgehead atoms. The highest BCUT2D eigenvalue weighted by Crippen LogP contribution is 2.43. The zero-order valence-corrected chi connectivity index (χ0v) is 12.3. The number of fused-ring (bicyclic) bond motifs is 2. The van der Waals surface area contributed by atoms with Gasteiger partial charge in [0.05, 0.1) is 23.0 Å². The number of hydrogen-bond donors (Lipinski definition) is 2. The van der Waals surface area contributed by atoms with Crippen molar-refractivity contribution in [2.75, 3.05) is 7.05 Å². The maximum absolute atomic E-state index is 6.27. The van der Waals surface area contributed by atoms with Gasteiger partial charge in [-0.25, -0.2) is 0 Å². The van der Waals surface area contributed by atoms with Gasteiger partial charge in [0, 0.05) is 19.1 Å². The van der Waals surface area contributed by atoms with Gasteiger partial charge < -0.3 is 4.90 Å². The molecule has 6 heteroatoms. The Hall–Kier alpha value is -0.620. The van der Waals surface area contributed by atoms with Crippen LogP contribution in [0.5, 0.6) is 0 Å². The second kappa shape index (κ2) is 5.05. The van der Waals surface area contributed by atoms with Crippen molar-refractivity contribution < 1.29 is 0 Å². The van der Waals surface area contributed by atoms with E-state index in [1.54, 1.807) is 6.20 Å². The number of hydrogen-bond acceptors (Lipinski definition) is 4. The second-order valence-corrected chi connectivity index (χ2v) is 6.33. The van der Waals surface area contributed by atoms with Crippen LogP contribution in [-0.2, 0) is 7.05 Å². The van der Waals surface area contributed by atoms with Crippen LogP contribution in [0.1, 0.15) is 37.4 Å². The molecule has 2 saturated heterocycles. The molecule has 19 heavy (non-hydrogen) atoms. The molecule has 2 aliphatic rings. The summed E-state index contributed by atoms with van der Waals surface area (Å²) in [5, 5.41) is 4.93. The minimum Gasteiger partial charge on any atom is -0.300 e. The van der Waals surface area contributed by atoms with Crippen LogP contribution < -0.4 is 11.3 Å². The van der Waals surface area contributed by atoms with Crippen LogP contribution in [-0.4, -0.2) is 33.8 Å². The molecule has 2 fully saturated rings. The quantitative estimate of drug-likeness (QED) is 0.651. The fraction of sp³-hybridized carbons (Fsp3) is 0.769. The molecule has 3 atom stereocenters. The van der Waals surface area contributed by atoms with Crippen LogP contribution in [0.2, 0.25) is 5.02 Å². The third-order valence-electron chi connectivity index (χ3n) is 5.02. The smallest absolute Gasteiger partial charge is 0.0834 e. The van der Waals surface area contributed by atoms with Crippen LogP contribution >= 0.6 is 11.6 Å². The SMILES string of the molecule is CN1C2CCC1CC(C(NN)c1c(Cl)cnn1C)C2. The van der Waals surface area contributed by atoms with Gasteiger partial charge in [-0.3, -0.25) is 16.0 Å². The summed E-state index contributed by atoms with van der Waals surface area (Å²) in [5.74, 6) is 6.35. The topological polar surface area (TPSA) is 59.1 Å². The fourth-order valence-corrected chi connectivity index (χ4v) is 4.22. The fourth-order valence-electron chi connectivity index (χ4n) is 3.93. The third-order valence-corrected chi connectivity index (χ3v) is 5.31. The average Bonchev–Trinajstić information content (AvgIpc) is 2.81. The maximum Gasteiger partial charge on any atom is 0.0834 e. The first-order chi connectivity index (χ1) is 9.11. The van der Waals surface area contributed by atoms with Gasteiger partial charge in [-0.15, -0.1) is 0 Å². The summed E-state index contributed by atoms with van der Waals surface area (Å²) in [6.07, 6.45) is 6.69. The van der Waals surface area contributed by atoms with E-state index < -0.39 is 0 Å². The number of nitrogens with one attached hydrogen (secondary N) is 1. The van der Waals surface area contributed by atoms with E-state index in [0.717, 1.165) is 5.69 Å². The Kier molecular flexibility index (Phi) is 3.55. The van der Waals surface area contributed by atoms with Gasteiger partial charge in [0.1, 0.15) is 0 Å². The molecule has 0 spiro atoms.